The van der Waals surface area contributed by atoms with Gasteiger partial charge in [0.2, 0.25) is 0 Å². The van der Waals surface area contributed by atoms with Crippen molar-refractivity contribution in [1.29, 1.82) is 0 Å². The van der Waals surface area contributed by atoms with Crippen molar-refractivity contribution in [2.24, 2.45) is 5.92 Å². The molecular weight excluding hydrogens is 262 g/mol. The van der Waals surface area contributed by atoms with E-state index >= 15 is 0 Å². The standard InChI is InChI=1S/C14H22ClNOSi/c1-9(10(2)18(3,4)5)14(17)12-8-11(15)6-7-13(12)16/h6-9,14,17H,2,16H2,1,3-5H3/t9-,14+/m1/s1. The average molecular weight is 284 g/mol. The predicted octanol–water partition coefficient (Wildman–Crippen LogP) is 4.03. The summed E-state index contributed by atoms with van der Waals surface area (Å²) in [5.41, 5.74) is 7.16. The Kier molecular flexibility index (Phi) is 4.64. The van der Waals surface area contributed by atoms with Gasteiger partial charge in [0.25, 0.3) is 0 Å². The van der Waals surface area contributed by atoms with Gasteiger partial charge in [0.15, 0.2) is 0 Å². The molecule has 0 spiro atoms. The molecule has 3 N–H and O–H groups in total. The van der Waals surface area contributed by atoms with Gasteiger partial charge in [-0.15, -0.1) is 6.58 Å². The van der Waals surface area contributed by atoms with Crippen molar-refractivity contribution < 1.29 is 5.11 Å². The summed E-state index contributed by atoms with van der Waals surface area (Å²) in [7, 11) is -1.48. The first-order valence-electron chi connectivity index (χ1n) is 6.07. The van der Waals surface area contributed by atoms with Crippen LogP contribution in [0.5, 0.6) is 0 Å². The van der Waals surface area contributed by atoms with E-state index in [0.29, 0.717) is 16.3 Å². The number of benzene rings is 1. The lowest BCUT2D eigenvalue weighted by atomic mass is 9.96. The number of aliphatic hydroxyl groups excluding tert-OH is 1. The minimum atomic E-state index is -1.48. The first-order chi connectivity index (χ1) is 8.14. The van der Waals surface area contributed by atoms with Gasteiger partial charge in [-0.1, -0.05) is 43.4 Å². The molecule has 4 heteroatoms. The highest BCUT2D eigenvalue weighted by Crippen LogP contribution is 2.35. The van der Waals surface area contributed by atoms with Crippen molar-refractivity contribution in [3.63, 3.8) is 0 Å². The molecule has 0 aliphatic carbocycles. The molecule has 0 unspecified atom stereocenters. The second-order valence-corrected chi connectivity index (χ2v) is 11.4. The summed E-state index contributed by atoms with van der Waals surface area (Å²) in [5.74, 6) is -0.0163. The lowest BCUT2D eigenvalue weighted by molar-refractivity contribution is 0.138. The first-order valence-corrected chi connectivity index (χ1v) is 9.94. The molecule has 1 aromatic carbocycles. The number of nitrogen functional groups attached to an aromatic ring is 1. The van der Waals surface area contributed by atoms with Crippen LogP contribution in [0.1, 0.15) is 18.6 Å². The quantitative estimate of drug-likeness (QED) is 0.647. The highest BCUT2D eigenvalue weighted by atomic mass is 35.5. The Balaban J connectivity index is 3.03. The van der Waals surface area contributed by atoms with Gasteiger partial charge in [-0.25, -0.2) is 0 Å². The molecule has 0 aliphatic heterocycles. The van der Waals surface area contributed by atoms with Crippen molar-refractivity contribution in [2.75, 3.05) is 5.73 Å². The molecule has 0 bridgehead atoms. The lowest BCUT2D eigenvalue weighted by Gasteiger charge is -2.29. The summed E-state index contributed by atoms with van der Waals surface area (Å²) in [5, 5.41) is 12.2. The van der Waals surface area contributed by atoms with E-state index in [1.165, 1.54) is 0 Å². The van der Waals surface area contributed by atoms with E-state index in [2.05, 4.69) is 26.2 Å². The van der Waals surface area contributed by atoms with Gasteiger partial charge in [-0.3, -0.25) is 0 Å². The number of anilines is 1. The molecular formula is C14H22ClNOSi. The van der Waals surface area contributed by atoms with E-state index in [1.54, 1.807) is 18.2 Å². The molecule has 0 radical (unpaired) electrons. The molecule has 0 heterocycles. The van der Waals surface area contributed by atoms with E-state index in [9.17, 15) is 5.11 Å². The third kappa shape index (κ3) is 3.37. The number of nitrogens with two attached hydrogens (primary N) is 1. The maximum atomic E-state index is 10.5. The number of hydrogen-bond acceptors (Lipinski definition) is 2. The summed E-state index contributed by atoms with van der Waals surface area (Å²) >= 11 is 5.95. The van der Waals surface area contributed by atoms with E-state index in [1.807, 2.05) is 6.92 Å². The maximum absolute atomic E-state index is 10.5. The van der Waals surface area contributed by atoms with Crippen LogP contribution in [0.4, 0.5) is 5.69 Å². The van der Waals surface area contributed by atoms with Crippen LogP contribution in [0.15, 0.2) is 30.0 Å². The number of halogens is 1. The SMILES string of the molecule is C=C([C@@H](C)[C@H](O)c1cc(Cl)ccc1N)[Si](C)(C)C. The summed E-state index contributed by atoms with van der Waals surface area (Å²) in [6, 6.07) is 5.19. The van der Waals surface area contributed by atoms with E-state index in [0.717, 1.165) is 5.20 Å². The number of hydrogen-bond donors (Lipinski definition) is 2. The van der Waals surface area contributed by atoms with Crippen LogP contribution < -0.4 is 5.73 Å². The van der Waals surface area contributed by atoms with Crippen LogP contribution in [0.25, 0.3) is 0 Å². The van der Waals surface area contributed by atoms with Crippen molar-refractivity contribution >= 4 is 25.4 Å². The van der Waals surface area contributed by atoms with Gasteiger partial charge in [0, 0.05) is 22.2 Å². The zero-order chi connectivity index (χ0) is 14.1. The monoisotopic (exact) mass is 283 g/mol. The van der Waals surface area contributed by atoms with Gasteiger partial charge in [0.05, 0.1) is 14.2 Å². The summed E-state index contributed by atoms with van der Waals surface area (Å²) in [6.45, 7) is 12.8. The van der Waals surface area contributed by atoms with Crippen LogP contribution in [-0.2, 0) is 0 Å². The molecule has 0 fully saturated rings. The van der Waals surface area contributed by atoms with Crippen molar-refractivity contribution in [1.82, 2.24) is 0 Å². The molecule has 1 rings (SSSR count). The van der Waals surface area contributed by atoms with Gasteiger partial charge in [-0.2, -0.15) is 0 Å². The summed E-state index contributed by atoms with van der Waals surface area (Å²) in [4.78, 5) is 0. The third-order valence-corrected chi connectivity index (χ3v) is 5.97. The largest absolute Gasteiger partial charge is 0.398 e. The Hall–Kier alpha value is -0.773. The van der Waals surface area contributed by atoms with Crippen molar-refractivity contribution in [3.05, 3.63) is 40.6 Å². The van der Waals surface area contributed by atoms with Crippen molar-refractivity contribution in [3.8, 4) is 0 Å². The zero-order valence-electron chi connectivity index (χ0n) is 11.5. The minimum Gasteiger partial charge on any atom is -0.398 e. The van der Waals surface area contributed by atoms with Crippen LogP contribution in [0, 0.1) is 5.92 Å². The van der Waals surface area contributed by atoms with Gasteiger partial charge >= 0.3 is 0 Å². The van der Waals surface area contributed by atoms with Crippen LogP contribution in [0.3, 0.4) is 0 Å². The Morgan fingerprint density at radius 3 is 2.44 bits per heavy atom. The topological polar surface area (TPSA) is 46.2 Å². The fraction of sp³-hybridized carbons (Fsp3) is 0.429. The first kappa shape index (κ1) is 15.3. The second-order valence-electron chi connectivity index (χ2n) is 5.78. The van der Waals surface area contributed by atoms with E-state index in [-0.39, 0.29) is 5.92 Å². The maximum Gasteiger partial charge on any atom is 0.0869 e. The predicted molar refractivity (Wildman–Crippen MR) is 82.5 cm³/mol. The number of aliphatic hydroxyl groups is 1. The highest BCUT2D eigenvalue weighted by molar-refractivity contribution is 6.83. The molecule has 0 aliphatic rings. The van der Waals surface area contributed by atoms with E-state index < -0.39 is 14.2 Å². The zero-order valence-corrected chi connectivity index (χ0v) is 13.3. The summed E-state index contributed by atoms with van der Waals surface area (Å²) < 4.78 is 0. The normalized spacial score (nSPS) is 15.2. The highest BCUT2D eigenvalue weighted by Gasteiger charge is 2.28. The molecule has 2 nitrogen and oxygen atoms in total. The molecule has 0 saturated carbocycles. The number of rotatable bonds is 4. The molecule has 0 aromatic heterocycles. The fourth-order valence-electron chi connectivity index (χ4n) is 1.94. The Morgan fingerprint density at radius 1 is 1.39 bits per heavy atom. The average Bonchev–Trinajstić information content (AvgIpc) is 2.28. The summed E-state index contributed by atoms with van der Waals surface area (Å²) in [6.07, 6.45) is -0.650. The molecule has 18 heavy (non-hydrogen) atoms. The molecule has 1 aromatic rings. The Bertz CT molecular complexity index is 454. The third-order valence-electron chi connectivity index (χ3n) is 3.35. The Morgan fingerprint density at radius 2 is 1.94 bits per heavy atom. The van der Waals surface area contributed by atoms with E-state index in [4.69, 9.17) is 17.3 Å². The fourth-order valence-corrected chi connectivity index (χ4v) is 3.65. The lowest BCUT2D eigenvalue weighted by Crippen LogP contribution is -2.30. The Labute approximate surface area is 115 Å². The van der Waals surface area contributed by atoms with Crippen LogP contribution >= 0.6 is 11.6 Å². The molecule has 2 atom stereocenters. The second kappa shape index (κ2) is 5.47. The van der Waals surface area contributed by atoms with Gasteiger partial charge in [-0.05, 0) is 18.2 Å². The molecule has 0 saturated heterocycles. The van der Waals surface area contributed by atoms with Gasteiger partial charge in [0.1, 0.15) is 0 Å². The van der Waals surface area contributed by atoms with Crippen molar-refractivity contribution in [2.45, 2.75) is 32.7 Å². The van der Waals surface area contributed by atoms with Gasteiger partial charge < -0.3 is 10.8 Å². The molecule has 100 valence electrons. The minimum absolute atomic E-state index is 0.0163. The van der Waals surface area contributed by atoms with Crippen LogP contribution in [-0.4, -0.2) is 13.2 Å². The molecule has 0 amide bonds. The smallest absolute Gasteiger partial charge is 0.0869 e. The van der Waals surface area contributed by atoms with Crippen LogP contribution in [0.2, 0.25) is 24.7 Å².